The molecule has 0 saturated heterocycles. The Morgan fingerprint density at radius 1 is 0.667 bits per heavy atom. The van der Waals surface area contributed by atoms with Crippen LogP contribution in [0.15, 0.2) is 24.3 Å². The molecule has 0 atom stereocenters. The molecule has 0 nitrogen and oxygen atoms in total. The maximum Gasteiger partial charge on any atom is 0.266 e. The van der Waals surface area contributed by atoms with Crippen LogP contribution in [-0.2, 0) is 0 Å². The lowest BCUT2D eigenvalue weighted by Gasteiger charge is -2.02. The molecule has 0 bridgehead atoms. The summed E-state index contributed by atoms with van der Waals surface area (Å²) in [6.07, 6.45) is 0. The van der Waals surface area contributed by atoms with Crippen molar-refractivity contribution in [1.82, 2.24) is 0 Å². The molecule has 1 aromatic rings. The maximum absolute atomic E-state index is 5.78. The van der Waals surface area contributed by atoms with Gasteiger partial charge in [-0.25, -0.2) is 0 Å². The van der Waals surface area contributed by atoms with Gasteiger partial charge in [0.2, 0.25) is 0 Å². The molecule has 0 radical (unpaired) electrons. The first kappa shape index (κ1) is 10.9. The summed E-state index contributed by atoms with van der Waals surface area (Å²) in [6, 6.07) is 7.60. The van der Waals surface area contributed by atoms with Crippen molar-refractivity contribution < 1.29 is 0 Å². The number of benzene rings is 1. The fraction of sp³-hybridized carbons (Fsp3) is 0. The van der Waals surface area contributed by atoms with Gasteiger partial charge in [0.25, 0.3) is 14.8 Å². The Hall–Kier alpha value is 0.814. The van der Waals surface area contributed by atoms with Crippen molar-refractivity contribution in [1.29, 1.82) is 0 Å². The zero-order chi connectivity index (χ0) is 9.14. The smallest absolute Gasteiger partial charge is 0.144 e. The average Bonchev–Trinajstić information content (AvgIpc) is 2.04. The van der Waals surface area contributed by atoms with Gasteiger partial charge in [0.1, 0.15) is 0 Å². The molecule has 6 heteroatoms. The second kappa shape index (κ2) is 4.89. The van der Waals surface area contributed by atoms with Crippen molar-refractivity contribution in [3.05, 3.63) is 24.3 Å². The van der Waals surface area contributed by atoms with E-state index in [1.54, 1.807) is 0 Å². The summed E-state index contributed by atoms with van der Waals surface area (Å²) in [6.45, 7) is 0. The van der Waals surface area contributed by atoms with Crippen molar-refractivity contribution in [2.24, 2.45) is 0 Å². The zero-order valence-corrected chi connectivity index (χ0v) is 11.3. The van der Waals surface area contributed by atoms with E-state index in [1.807, 2.05) is 24.3 Å². The molecular weight excluding hydrogens is 270 g/mol. The van der Waals surface area contributed by atoms with Crippen LogP contribution in [0, 0.1) is 0 Å². The molecule has 0 N–H and O–H groups in total. The second-order valence-electron chi connectivity index (χ2n) is 2.27. The summed E-state index contributed by atoms with van der Waals surface area (Å²) >= 11 is 23.1. The lowest BCUT2D eigenvalue weighted by molar-refractivity contribution is 1.84. The van der Waals surface area contributed by atoms with Crippen molar-refractivity contribution in [2.75, 3.05) is 0 Å². The van der Waals surface area contributed by atoms with E-state index in [9.17, 15) is 0 Å². The maximum atomic E-state index is 5.78. The van der Waals surface area contributed by atoms with Crippen molar-refractivity contribution in [2.45, 2.75) is 0 Å². The molecule has 0 unspecified atom stereocenters. The normalized spacial score (nSPS) is 11.2. The summed E-state index contributed by atoms with van der Waals surface area (Å²) in [4.78, 5) is 0. The largest absolute Gasteiger partial charge is 0.266 e. The minimum absolute atomic E-state index is 1.00. The third-order valence-electron chi connectivity index (χ3n) is 1.44. The molecule has 0 spiro atoms. The number of rotatable bonds is 2. The first-order chi connectivity index (χ1) is 5.61. The summed E-state index contributed by atoms with van der Waals surface area (Å²) < 4.78 is 0. The van der Waals surface area contributed by atoms with Gasteiger partial charge in [-0.1, -0.05) is 24.3 Å². The van der Waals surface area contributed by atoms with Crippen molar-refractivity contribution in [3.63, 3.8) is 0 Å². The highest BCUT2D eigenvalue weighted by molar-refractivity contribution is 7.40. The Labute approximate surface area is 93.4 Å². The van der Waals surface area contributed by atoms with Crippen LogP contribution in [0.5, 0.6) is 0 Å². The van der Waals surface area contributed by atoms with Crippen molar-refractivity contribution in [3.8, 4) is 0 Å². The highest BCUT2D eigenvalue weighted by Crippen LogP contribution is 1.99. The van der Waals surface area contributed by atoms with Crippen LogP contribution >= 0.6 is 44.3 Å². The number of hydrogen-bond acceptors (Lipinski definition) is 0. The number of halogens is 4. The standard InChI is InChI=1S/C6H6Cl4Si2/c7-11(8)5-1-2-6(4-3-5)12(9)10/h1-4,11-12H. The van der Waals surface area contributed by atoms with Crippen LogP contribution in [0.3, 0.4) is 0 Å². The zero-order valence-electron chi connectivity index (χ0n) is 5.98. The van der Waals surface area contributed by atoms with Gasteiger partial charge in [0.05, 0.1) is 0 Å². The van der Waals surface area contributed by atoms with Crippen LogP contribution in [0.4, 0.5) is 0 Å². The Morgan fingerprint density at radius 3 is 1.08 bits per heavy atom. The van der Waals surface area contributed by atoms with Crippen molar-refractivity contribution >= 4 is 69.5 Å². The first-order valence-electron chi connectivity index (χ1n) is 3.27. The lowest BCUT2D eigenvalue weighted by Crippen LogP contribution is -2.24. The molecular formula is C6H6Cl4Si2. The predicted octanol–water partition coefficient (Wildman–Crippen LogP) is 1.50. The first-order valence-corrected chi connectivity index (χ1v) is 11.4. The van der Waals surface area contributed by atoms with E-state index in [1.165, 1.54) is 0 Å². The molecule has 0 aliphatic heterocycles. The molecule has 1 aromatic carbocycles. The van der Waals surface area contributed by atoms with Crippen LogP contribution in [0.2, 0.25) is 0 Å². The van der Waals surface area contributed by atoms with Crippen LogP contribution in [0.25, 0.3) is 0 Å². The molecule has 66 valence electrons. The fourth-order valence-electron chi connectivity index (χ4n) is 0.787. The van der Waals surface area contributed by atoms with Gasteiger partial charge in [-0.3, -0.25) is 0 Å². The van der Waals surface area contributed by atoms with E-state index in [0.717, 1.165) is 10.4 Å². The van der Waals surface area contributed by atoms with Crippen LogP contribution in [-0.4, -0.2) is 14.8 Å². The van der Waals surface area contributed by atoms with E-state index in [-0.39, 0.29) is 0 Å². The molecule has 0 aromatic heterocycles. The van der Waals surface area contributed by atoms with Gasteiger partial charge >= 0.3 is 0 Å². The Balaban J connectivity index is 2.86. The Bertz CT molecular complexity index is 219. The van der Waals surface area contributed by atoms with E-state index >= 15 is 0 Å². The molecule has 0 saturated carbocycles. The molecule has 0 heterocycles. The lowest BCUT2D eigenvalue weighted by atomic mass is 10.4. The average molecular weight is 276 g/mol. The minimum Gasteiger partial charge on any atom is -0.144 e. The van der Waals surface area contributed by atoms with Gasteiger partial charge in [-0.15, -0.1) is 44.3 Å². The molecule has 0 fully saturated rings. The summed E-state index contributed by atoms with van der Waals surface area (Å²) in [7, 11) is -3.41. The summed E-state index contributed by atoms with van der Waals surface area (Å²) in [5.74, 6) is 0. The number of hydrogen-bond donors (Lipinski definition) is 0. The van der Waals surface area contributed by atoms with Gasteiger partial charge in [0.15, 0.2) is 0 Å². The van der Waals surface area contributed by atoms with Gasteiger partial charge in [-0.2, -0.15) is 0 Å². The fourth-order valence-corrected chi connectivity index (χ4v) is 3.50. The minimum atomic E-state index is -1.71. The quantitative estimate of drug-likeness (QED) is 0.567. The Morgan fingerprint density at radius 2 is 0.917 bits per heavy atom. The third kappa shape index (κ3) is 2.94. The third-order valence-corrected chi connectivity index (χ3v) is 6.24. The van der Waals surface area contributed by atoms with Crippen LogP contribution in [0.1, 0.15) is 0 Å². The highest BCUT2D eigenvalue weighted by Gasteiger charge is 2.08. The summed E-state index contributed by atoms with van der Waals surface area (Å²) in [5.41, 5.74) is 0. The Kier molecular flexibility index (Phi) is 4.44. The van der Waals surface area contributed by atoms with Gasteiger partial charge in [-0.05, 0) is 10.4 Å². The molecule has 0 aliphatic rings. The molecule has 12 heavy (non-hydrogen) atoms. The topological polar surface area (TPSA) is 0 Å². The van der Waals surface area contributed by atoms with E-state index in [0.29, 0.717) is 0 Å². The highest BCUT2D eigenvalue weighted by atomic mass is 35.7. The second-order valence-corrected chi connectivity index (χ2v) is 11.4. The van der Waals surface area contributed by atoms with E-state index < -0.39 is 14.8 Å². The van der Waals surface area contributed by atoms with E-state index in [2.05, 4.69) is 0 Å². The SMILES string of the molecule is Cl[SiH](Cl)c1ccc([SiH](Cl)Cl)cc1. The predicted molar refractivity (Wildman–Crippen MR) is 63.4 cm³/mol. The van der Waals surface area contributed by atoms with Gasteiger partial charge < -0.3 is 0 Å². The summed E-state index contributed by atoms with van der Waals surface area (Å²) in [5, 5.41) is 2.01. The molecule has 1 rings (SSSR count). The van der Waals surface area contributed by atoms with Crippen LogP contribution < -0.4 is 10.4 Å². The van der Waals surface area contributed by atoms with Gasteiger partial charge in [0, 0.05) is 0 Å². The molecule has 0 amide bonds. The monoisotopic (exact) mass is 274 g/mol. The van der Waals surface area contributed by atoms with E-state index in [4.69, 9.17) is 44.3 Å². The molecule has 0 aliphatic carbocycles.